The van der Waals surface area contributed by atoms with Crippen LogP contribution in [0, 0.1) is 0 Å². The zero-order chi connectivity index (χ0) is 19.2. The van der Waals surface area contributed by atoms with Crippen LogP contribution in [0.4, 0.5) is 5.69 Å². The Morgan fingerprint density at radius 2 is 1.89 bits per heavy atom. The summed E-state index contributed by atoms with van der Waals surface area (Å²) in [4.78, 5) is 26.3. The van der Waals surface area contributed by atoms with E-state index in [1.54, 1.807) is 18.2 Å². The lowest BCUT2D eigenvalue weighted by Gasteiger charge is -2.38. The first-order valence-corrected chi connectivity index (χ1v) is 9.50. The molecule has 0 aromatic heterocycles. The molecule has 140 valence electrons. The van der Waals surface area contributed by atoms with Crippen molar-refractivity contribution in [3.63, 3.8) is 0 Å². The first kappa shape index (κ1) is 18.3. The second kappa shape index (κ2) is 6.82. The van der Waals surface area contributed by atoms with Crippen LogP contribution in [-0.2, 0) is 16.8 Å². The summed E-state index contributed by atoms with van der Waals surface area (Å²) in [7, 11) is 0. The van der Waals surface area contributed by atoms with Crippen LogP contribution in [0.25, 0.3) is 0 Å². The lowest BCUT2D eigenvalue weighted by molar-refractivity contribution is -0.122. The minimum absolute atomic E-state index is 0.0378. The number of piperidine rings is 1. The van der Waals surface area contributed by atoms with E-state index in [1.807, 2.05) is 12.1 Å². The summed E-state index contributed by atoms with van der Waals surface area (Å²) in [5.41, 5.74) is 2.08. The van der Waals surface area contributed by atoms with Crippen LogP contribution in [0.15, 0.2) is 36.4 Å². The minimum Gasteiger partial charge on any atom is -0.478 e. The van der Waals surface area contributed by atoms with Gasteiger partial charge in [0.1, 0.15) is 0 Å². The Hall–Kier alpha value is -2.08. The van der Waals surface area contributed by atoms with E-state index >= 15 is 0 Å². The van der Waals surface area contributed by atoms with Gasteiger partial charge in [0.05, 0.1) is 11.0 Å². The number of anilines is 1. The number of carbonyl (C=O) groups excluding carboxylic acids is 1. The molecule has 27 heavy (non-hydrogen) atoms. The number of carbonyl (C=O) groups is 2. The zero-order valence-corrected chi connectivity index (χ0v) is 16.0. The Morgan fingerprint density at radius 3 is 2.56 bits per heavy atom. The van der Waals surface area contributed by atoms with E-state index in [9.17, 15) is 14.7 Å². The number of fused-ring (bicyclic) bond motifs is 2. The summed E-state index contributed by atoms with van der Waals surface area (Å²) in [6, 6.07) is 10.3. The number of hydrogen-bond acceptors (Lipinski definition) is 3. The van der Waals surface area contributed by atoms with Crippen molar-refractivity contribution in [3.8, 4) is 0 Å². The third kappa shape index (κ3) is 3.20. The van der Waals surface area contributed by atoms with Gasteiger partial charge in [0, 0.05) is 22.3 Å². The summed E-state index contributed by atoms with van der Waals surface area (Å²) >= 11 is 12.2. The minimum atomic E-state index is -0.984. The van der Waals surface area contributed by atoms with Gasteiger partial charge < -0.3 is 10.4 Å². The van der Waals surface area contributed by atoms with Gasteiger partial charge in [0.25, 0.3) is 0 Å². The van der Waals surface area contributed by atoms with Gasteiger partial charge in [-0.1, -0.05) is 29.3 Å². The number of nitrogens with zero attached hydrogens (tertiary/aromatic N) is 1. The summed E-state index contributed by atoms with van der Waals surface area (Å²) in [5, 5.41) is 13.4. The number of aromatic carboxylic acids is 1. The number of carboxylic acid groups (broad SMARTS) is 1. The van der Waals surface area contributed by atoms with Gasteiger partial charge in [-0.15, -0.1) is 0 Å². The average Bonchev–Trinajstić information content (AvgIpc) is 2.90. The van der Waals surface area contributed by atoms with Crippen LogP contribution in [-0.4, -0.2) is 35.0 Å². The normalized spacial score (nSPS) is 18.4. The fourth-order valence-corrected chi connectivity index (χ4v) is 4.49. The highest BCUT2D eigenvalue weighted by molar-refractivity contribution is 6.35. The molecular weight excluding hydrogens is 387 g/mol. The molecule has 1 saturated heterocycles. The molecule has 2 aromatic carbocycles. The molecule has 0 radical (unpaired) electrons. The van der Waals surface area contributed by atoms with Gasteiger partial charge in [-0.2, -0.15) is 0 Å². The van der Waals surface area contributed by atoms with Crippen molar-refractivity contribution in [3.05, 3.63) is 63.1 Å². The zero-order valence-electron chi connectivity index (χ0n) is 14.5. The highest BCUT2D eigenvalue weighted by Gasteiger charge is 2.48. The molecule has 1 fully saturated rings. The first-order valence-electron chi connectivity index (χ1n) is 8.75. The van der Waals surface area contributed by atoms with Crippen molar-refractivity contribution in [1.82, 2.24) is 4.90 Å². The van der Waals surface area contributed by atoms with Crippen molar-refractivity contribution in [2.24, 2.45) is 0 Å². The number of rotatable bonds is 3. The van der Waals surface area contributed by atoms with Gasteiger partial charge in [0.15, 0.2) is 0 Å². The number of amides is 1. The Labute approximate surface area is 166 Å². The highest BCUT2D eigenvalue weighted by atomic mass is 35.5. The van der Waals surface area contributed by atoms with E-state index in [1.165, 1.54) is 6.07 Å². The number of halogens is 2. The van der Waals surface area contributed by atoms with Crippen LogP contribution in [0.2, 0.25) is 10.0 Å². The van der Waals surface area contributed by atoms with E-state index in [2.05, 4.69) is 10.2 Å². The summed E-state index contributed by atoms with van der Waals surface area (Å²) < 4.78 is 0. The monoisotopic (exact) mass is 404 g/mol. The maximum absolute atomic E-state index is 12.7. The van der Waals surface area contributed by atoms with Gasteiger partial charge in [-0.25, -0.2) is 4.79 Å². The maximum Gasteiger partial charge on any atom is 0.335 e. The van der Waals surface area contributed by atoms with E-state index in [4.69, 9.17) is 23.2 Å². The van der Waals surface area contributed by atoms with E-state index in [0.717, 1.165) is 29.9 Å². The van der Waals surface area contributed by atoms with Gasteiger partial charge in [0.2, 0.25) is 5.91 Å². The smallest absolute Gasteiger partial charge is 0.335 e. The van der Waals surface area contributed by atoms with Gasteiger partial charge in [-0.3, -0.25) is 9.69 Å². The number of carboxylic acids is 1. The van der Waals surface area contributed by atoms with Crippen LogP contribution in [0.5, 0.6) is 0 Å². The molecule has 0 atom stereocenters. The van der Waals surface area contributed by atoms with Crippen LogP contribution < -0.4 is 5.32 Å². The predicted octanol–water partition coefficient (Wildman–Crippen LogP) is 4.18. The Kier molecular flexibility index (Phi) is 4.62. The Bertz CT molecular complexity index is 937. The third-order valence-corrected chi connectivity index (χ3v) is 6.17. The van der Waals surface area contributed by atoms with Crippen molar-refractivity contribution in [2.45, 2.75) is 24.8 Å². The summed E-state index contributed by atoms with van der Waals surface area (Å²) in [6.45, 7) is 2.14. The van der Waals surface area contributed by atoms with Gasteiger partial charge >= 0.3 is 5.97 Å². The molecule has 2 aromatic rings. The molecule has 2 heterocycles. The third-order valence-electron chi connectivity index (χ3n) is 5.58. The predicted molar refractivity (Wildman–Crippen MR) is 105 cm³/mol. The van der Waals surface area contributed by atoms with Crippen LogP contribution in [0.3, 0.4) is 0 Å². The van der Waals surface area contributed by atoms with Crippen LogP contribution >= 0.6 is 23.2 Å². The fraction of sp³-hybridized carbons (Fsp3) is 0.300. The molecule has 4 rings (SSSR count). The molecule has 0 unspecified atom stereocenters. The largest absolute Gasteiger partial charge is 0.478 e. The lowest BCUT2D eigenvalue weighted by Crippen LogP contribution is -2.46. The van der Waals surface area contributed by atoms with Crippen molar-refractivity contribution in [2.75, 3.05) is 18.4 Å². The lowest BCUT2D eigenvalue weighted by atomic mass is 9.73. The number of hydrogen-bond donors (Lipinski definition) is 2. The van der Waals surface area contributed by atoms with E-state index in [0.29, 0.717) is 29.4 Å². The molecule has 0 bridgehead atoms. The molecule has 0 saturated carbocycles. The van der Waals surface area contributed by atoms with Crippen LogP contribution in [0.1, 0.15) is 34.3 Å². The highest BCUT2D eigenvalue weighted by Crippen LogP contribution is 2.45. The molecule has 7 heteroatoms. The standard InChI is InChI=1S/C20H18Cl2N2O3/c21-14-3-1-13(16(22)10-14)11-24-7-5-20(6-8-24)15-9-12(18(25)26)2-4-17(15)23-19(20)27/h1-4,9-10H,5-8,11H2,(H,23,27)(H,25,26). The molecular formula is C20H18Cl2N2O3. The second-order valence-electron chi connectivity index (χ2n) is 7.11. The maximum atomic E-state index is 12.7. The molecule has 2 aliphatic rings. The Balaban J connectivity index is 1.54. The molecule has 1 amide bonds. The summed E-state index contributed by atoms with van der Waals surface area (Å²) in [5.74, 6) is -1.02. The molecule has 5 nitrogen and oxygen atoms in total. The first-order chi connectivity index (χ1) is 12.9. The van der Waals surface area contributed by atoms with Gasteiger partial charge in [-0.05, 0) is 67.4 Å². The van der Waals surface area contributed by atoms with Crippen molar-refractivity contribution >= 4 is 40.8 Å². The average molecular weight is 405 g/mol. The van der Waals surface area contributed by atoms with Crippen molar-refractivity contribution < 1.29 is 14.7 Å². The van der Waals surface area contributed by atoms with E-state index in [-0.39, 0.29) is 11.5 Å². The quantitative estimate of drug-likeness (QED) is 0.804. The number of likely N-dealkylation sites (tertiary alicyclic amines) is 1. The number of benzene rings is 2. The second-order valence-corrected chi connectivity index (χ2v) is 7.96. The number of nitrogens with one attached hydrogen (secondary N) is 1. The Morgan fingerprint density at radius 1 is 1.15 bits per heavy atom. The van der Waals surface area contributed by atoms with E-state index < -0.39 is 11.4 Å². The molecule has 2 aliphatic heterocycles. The molecule has 1 spiro atoms. The summed E-state index contributed by atoms with van der Waals surface area (Å²) in [6.07, 6.45) is 1.28. The van der Waals surface area contributed by atoms with Crippen molar-refractivity contribution in [1.29, 1.82) is 0 Å². The topological polar surface area (TPSA) is 69.6 Å². The molecule has 2 N–H and O–H groups in total. The molecule has 0 aliphatic carbocycles. The SMILES string of the molecule is O=C(O)c1ccc2c(c1)C1(CCN(Cc3ccc(Cl)cc3Cl)CC1)C(=O)N2. The fourth-order valence-electron chi connectivity index (χ4n) is 4.03.